The van der Waals surface area contributed by atoms with E-state index in [2.05, 4.69) is 27.4 Å². The molecule has 0 amide bonds. The molecule has 0 radical (unpaired) electrons. The van der Waals surface area contributed by atoms with Crippen LogP contribution in [-0.4, -0.2) is 159 Å². The molecule has 3 heterocycles. The first-order chi connectivity index (χ1) is 30.1. The number of hydrogen-bond donors (Lipinski definition) is 3. The average Bonchev–Trinajstić information content (AvgIpc) is 3.23. The van der Waals surface area contributed by atoms with Crippen molar-refractivity contribution in [3.05, 3.63) is 37.0 Å². The summed E-state index contributed by atoms with van der Waals surface area (Å²) in [6, 6.07) is 1.89. The van der Waals surface area contributed by atoms with E-state index in [0.717, 1.165) is 18.1 Å². The van der Waals surface area contributed by atoms with Gasteiger partial charge < -0.3 is 62.5 Å². The van der Waals surface area contributed by atoms with Crippen molar-refractivity contribution in [1.82, 2.24) is 4.90 Å². The molecule has 0 spiro atoms. The van der Waals surface area contributed by atoms with Gasteiger partial charge in [0.2, 0.25) is 0 Å². The lowest BCUT2D eigenvalue weighted by molar-refractivity contribution is -0.348. The Kier molecular flexibility index (Phi) is 21.8. The molecule has 17 heteroatoms. The van der Waals surface area contributed by atoms with Gasteiger partial charge in [-0.05, 0) is 72.3 Å². The predicted molar refractivity (Wildman–Crippen MR) is 242 cm³/mol. The number of ether oxygens (including phenoxy) is 8. The van der Waals surface area contributed by atoms with Gasteiger partial charge in [-0.15, -0.1) is 6.58 Å². The standard InChI is InChI=1S/C47H81NO15Si/c1-15-35(49)59-34-26-37(51)56-30(8)24-22-21-23-25-33(63-64(18-4,19-5)20-6)29(7)27-47(54,17-3)44(42(34)55-14)62-45-40(52)39(48(12)13)41(31(9)58-45)61-38-28-46(11,53)43(32(10)57-38)60-36(50)16-2/h17,21-23,25,29-34,38-45,52-54H,3,15-16,18-20,24,26-28H2,1-2,4-14H3/b22-21+,25-23+/t29-,30-,31?,32?,33+,34-,38?,39?,40?,41?,42+,43?,44-,45?,46?,47-/m1/s1. The lowest BCUT2D eigenvalue weighted by Crippen LogP contribution is -2.67. The molecular formula is C47H81NO15Si. The van der Waals surface area contributed by atoms with E-state index < -0.39 is 124 Å². The maximum absolute atomic E-state index is 13.5. The maximum Gasteiger partial charge on any atom is 0.309 e. The van der Waals surface area contributed by atoms with Crippen molar-refractivity contribution in [2.45, 2.75) is 217 Å². The van der Waals surface area contributed by atoms with Gasteiger partial charge in [0, 0.05) is 32.8 Å². The number of rotatable bonds is 16. The van der Waals surface area contributed by atoms with Crippen molar-refractivity contribution in [2.24, 2.45) is 5.92 Å². The molecule has 16 nitrogen and oxygen atoms in total. The fraction of sp³-hybridized carbons (Fsp3) is 0.809. The average molecular weight is 928 g/mol. The summed E-state index contributed by atoms with van der Waals surface area (Å²) in [5, 5.41) is 36.7. The third-order valence-electron chi connectivity index (χ3n) is 13.1. The van der Waals surface area contributed by atoms with Crippen LogP contribution >= 0.6 is 0 Å². The number of carbonyl (C=O) groups is 3. The molecule has 0 aromatic carbocycles. The second kappa shape index (κ2) is 25.0. The van der Waals surface area contributed by atoms with Crippen LogP contribution in [0, 0.1) is 5.92 Å². The number of nitrogens with zero attached hydrogens (tertiary/aromatic N) is 1. The first kappa shape index (κ1) is 55.8. The van der Waals surface area contributed by atoms with E-state index in [1.807, 2.05) is 31.2 Å². The van der Waals surface area contributed by atoms with Crippen LogP contribution in [-0.2, 0) is 56.7 Å². The zero-order valence-corrected chi connectivity index (χ0v) is 41.7. The van der Waals surface area contributed by atoms with Crippen molar-refractivity contribution < 1.29 is 72.0 Å². The molecule has 16 atom stereocenters. The number of aliphatic hydroxyl groups excluding tert-OH is 1. The van der Waals surface area contributed by atoms with Crippen LogP contribution in [0.15, 0.2) is 37.0 Å². The fourth-order valence-electron chi connectivity index (χ4n) is 9.09. The number of aliphatic hydroxyl groups is 3. The van der Waals surface area contributed by atoms with Crippen LogP contribution in [0.5, 0.6) is 0 Å². The van der Waals surface area contributed by atoms with Crippen LogP contribution in [0.4, 0.5) is 0 Å². The molecule has 3 aliphatic rings. The molecule has 0 saturated carbocycles. The van der Waals surface area contributed by atoms with Crippen molar-refractivity contribution >= 4 is 26.2 Å². The van der Waals surface area contributed by atoms with Crippen molar-refractivity contribution in [3.8, 4) is 0 Å². The number of cyclic esters (lactones) is 1. The Morgan fingerprint density at radius 2 is 1.53 bits per heavy atom. The molecule has 0 aromatic rings. The SMILES string of the molecule is C=C[C@@]1(O)C[C@@H](C)[C@@H](O[Si](CC)(CC)CC)/C=C/C=C/C[C@@H](C)OC(=O)C[C@@H](OC(=O)CC)[C@H](OC)[C@H]1OC1OC(C)C(OC2CC(C)(O)C(OC(=O)CC)C(C)O2)C(N(C)C)C1O. The van der Waals surface area contributed by atoms with Gasteiger partial charge in [-0.3, -0.25) is 14.4 Å². The molecule has 2 saturated heterocycles. The van der Waals surface area contributed by atoms with E-state index in [1.165, 1.54) is 13.2 Å². The van der Waals surface area contributed by atoms with E-state index >= 15 is 0 Å². The number of esters is 3. The van der Waals surface area contributed by atoms with Crippen LogP contribution in [0.1, 0.15) is 108 Å². The highest BCUT2D eigenvalue weighted by Crippen LogP contribution is 2.39. The van der Waals surface area contributed by atoms with Gasteiger partial charge >= 0.3 is 17.9 Å². The number of hydrogen-bond acceptors (Lipinski definition) is 16. The van der Waals surface area contributed by atoms with E-state index in [1.54, 1.807) is 60.5 Å². The van der Waals surface area contributed by atoms with Gasteiger partial charge in [-0.25, -0.2) is 0 Å². The first-order valence-corrected chi connectivity index (χ1v) is 25.8. The molecule has 368 valence electrons. The zero-order chi connectivity index (χ0) is 48.2. The predicted octanol–water partition coefficient (Wildman–Crippen LogP) is 5.51. The quantitative estimate of drug-likeness (QED) is 0.0758. The highest BCUT2D eigenvalue weighted by Gasteiger charge is 2.55. The second-order valence-electron chi connectivity index (χ2n) is 18.2. The smallest absolute Gasteiger partial charge is 0.309 e. The molecule has 64 heavy (non-hydrogen) atoms. The van der Waals surface area contributed by atoms with Crippen LogP contribution < -0.4 is 0 Å². The molecule has 0 aromatic heterocycles. The van der Waals surface area contributed by atoms with Crippen LogP contribution in [0.3, 0.4) is 0 Å². The Morgan fingerprint density at radius 3 is 2.08 bits per heavy atom. The fourth-order valence-corrected chi connectivity index (χ4v) is 12.0. The summed E-state index contributed by atoms with van der Waals surface area (Å²) in [7, 11) is 2.68. The van der Waals surface area contributed by atoms with Gasteiger partial charge in [0.05, 0.1) is 30.8 Å². The number of allylic oxidation sites excluding steroid dienone is 2. The minimum Gasteiger partial charge on any atom is -0.462 e. The van der Waals surface area contributed by atoms with Crippen molar-refractivity contribution in [3.63, 3.8) is 0 Å². The zero-order valence-electron chi connectivity index (χ0n) is 40.7. The Balaban J connectivity index is 2.13. The second-order valence-corrected chi connectivity index (χ2v) is 23.0. The molecule has 2 fully saturated rings. The highest BCUT2D eigenvalue weighted by molar-refractivity contribution is 6.73. The van der Waals surface area contributed by atoms with E-state index in [-0.39, 0.29) is 31.6 Å². The third kappa shape index (κ3) is 14.5. The molecule has 9 unspecified atom stereocenters. The number of likely N-dealkylation sites (N-methyl/N-ethyl adjacent to an activating group) is 1. The topological polar surface area (TPSA) is 198 Å². The molecular weight excluding hydrogens is 847 g/mol. The van der Waals surface area contributed by atoms with Gasteiger partial charge in [0.25, 0.3) is 0 Å². The van der Waals surface area contributed by atoms with E-state index in [4.69, 9.17) is 42.3 Å². The first-order valence-electron chi connectivity index (χ1n) is 23.2. The van der Waals surface area contributed by atoms with Gasteiger partial charge in [0.15, 0.2) is 27.0 Å². The van der Waals surface area contributed by atoms with Crippen molar-refractivity contribution in [2.75, 3.05) is 21.2 Å². The summed E-state index contributed by atoms with van der Waals surface area (Å²) in [6.07, 6.45) is -3.17. The largest absolute Gasteiger partial charge is 0.462 e. The normalized spacial score (nSPS) is 39.4. The highest BCUT2D eigenvalue weighted by atomic mass is 28.4. The van der Waals surface area contributed by atoms with E-state index in [9.17, 15) is 29.7 Å². The molecule has 0 bridgehead atoms. The Hall–Kier alpha value is -2.55. The summed E-state index contributed by atoms with van der Waals surface area (Å²) >= 11 is 0. The molecule has 0 aliphatic carbocycles. The van der Waals surface area contributed by atoms with Crippen LogP contribution in [0.2, 0.25) is 18.1 Å². The molecule has 3 aliphatic heterocycles. The summed E-state index contributed by atoms with van der Waals surface area (Å²) in [6.45, 7) is 22.5. The molecule has 3 N–H and O–H groups in total. The van der Waals surface area contributed by atoms with Gasteiger partial charge in [-0.1, -0.05) is 71.9 Å². The molecule has 3 rings (SSSR count). The summed E-state index contributed by atoms with van der Waals surface area (Å²) in [5.74, 6) is -2.11. The lowest BCUT2D eigenvalue weighted by atomic mass is 9.80. The van der Waals surface area contributed by atoms with Gasteiger partial charge in [0.1, 0.15) is 47.8 Å². The van der Waals surface area contributed by atoms with Crippen LogP contribution in [0.25, 0.3) is 0 Å². The summed E-state index contributed by atoms with van der Waals surface area (Å²) < 4.78 is 56.3. The van der Waals surface area contributed by atoms with Gasteiger partial charge in [-0.2, -0.15) is 0 Å². The maximum atomic E-state index is 13.5. The van der Waals surface area contributed by atoms with Crippen molar-refractivity contribution in [1.29, 1.82) is 0 Å². The number of methoxy groups -OCH3 is 1. The number of carbonyl (C=O) groups excluding carboxylic acids is 3. The minimum atomic E-state index is -2.20. The monoisotopic (exact) mass is 928 g/mol. The minimum absolute atomic E-state index is 0.00417. The Morgan fingerprint density at radius 1 is 0.906 bits per heavy atom. The summed E-state index contributed by atoms with van der Waals surface area (Å²) in [5.41, 5.74) is -3.48. The summed E-state index contributed by atoms with van der Waals surface area (Å²) in [4.78, 5) is 40.5. The third-order valence-corrected chi connectivity index (χ3v) is 17.7. The van der Waals surface area contributed by atoms with E-state index in [0.29, 0.717) is 6.42 Å². The lowest BCUT2D eigenvalue weighted by Gasteiger charge is -2.51. The Labute approximate surface area is 383 Å². The Bertz CT molecular complexity index is 1550.